The first kappa shape index (κ1) is 30.3. The van der Waals surface area contributed by atoms with E-state index in [-0.39, 0.29) is 22.8 Å². The highest BCUT2D eigenvalue weighted by atomic mass is 32.2. The average molecular weight is 600 g/mol. The molecule has 0 saturated heterocycles. The fourth-order valence-electron chi connectivity index (χ4n) is 4.65. The van der Waals surface area contributed by atoms with Crippen molar-refractivity contribution in [2.75, 3.05) is 10.6 Å². The Labute approximate surface area is 261 Å². The van der Waals surface area contributed by atoms with Crippen molar-refractivity contribution in [3.8, 4) is 0 Å². The zero-order valence-corrected chi connectivity index (χ0v) is 25.6. The Kier molecular flexibility index (Phi) is 9.57. The molecule has 5 aromatic rings. The molecule has 6 nitrogen and oxygen atoms in total. The first-order chi connectivity index (χ1) is 21.3. The van der Waals surface area contributed by atoms with E-state index >= 15 is 0 Å². The van der Waals surface area contributed by atoms with Gasteiger partial charge in [-0.2, -0.15) is 0 Å². The average Bonchev–Trinajstić information content (AvgIpc) is 3.03. The summed E-state index contributed by atoms with van der Waals surface area (Å²) in [6.45, 7) is 5.82. The highest BCUT2D eigenvalue weighted by Gasteiger charge is 2.18. The molecule has 220 valence electrons. The van der Waals surface area contributed by atoms with E-state index in [4.69, 9.17) is 0 Å². The summed E-state index contributed by atoms with van der Waals surface area (Å²) in [5.74, 6) is -0.922. The van der Waals surface area contributed by atoms with Crippen molar-refractivity contribution in [1.29, 1.82) is 0 Å². The van der Waals surface area contributed by atoms with Gasteiger partial charge in [0.2, 0.25) is 5.91 Å². The normalized spacial score (nSPS) is 11.9. The molecule has 0 heterocycles. The Hall–Kier alpha value is -5.14. The van der Waals surface area contributed by atoms with Crippen molar-refractivity contribution < 1.29 is 14.4 Å². The van der Waals surface area contributed by atoms with Crippen LogP contribution in [0.2, 0.25) is 0 Å². The quantitative estimate of drug-likeness (QED) is 0.118. The zero-order chi connectivity index (χ0) is 31.1. The monoisotopic (exact) mass is 599 g/mol. The summed E-state index contributed by atoms with van der Waals surface area (Å²) in [7, 11) is 0. The molecule has 0 fully saturated rings. The molecule has 0 aliphatic rings. The molecule has 0 aliphatic heterocycles. The molecule has 5 aromatic carbocycles. The van der Waals surface area contributed by atoms with Crippen LogP contribution >= 0.6 is 11.8 Å². The highest BCUT2D eigenvalue weighted by Crippen LogP contribution is 2.27. The SMILES string of the molecule is Cc1ccc(C)c(NC(=O)C(C)Sc2ccc(NC(=O)/C(=C/c3cccc4ccccc34)NC(=O)c3ccccc3)cc2)c1. The molecular formula is C37H33N3O3S. The number of carbonyl (C=O) groups excluding carboxylic acids is 3. The second-order valence-corrected chi connectivity index (χ2v) is 11.9. The summed E-state index contributed by atoms with van der Waals surface area (Å²) in [6.07, 6.45) is 1.69. The van der Waals surface area contributed by atoms with Crippen LogP contribution in [0.15, 0.2) is 126 Å². The number of aryl methyl sites for hydroxylation is 2. The van der Waals surface area contributed by atoms with Gasteiger partial charge in [-0.05, 0) is 96.8 Å². The van der Waals surface area contributed by atoms with E-state index in [9.17, 15) is 14.4 Å². The third-order valence-corrected chi connectivity index (χ3v) is 8.21. The van der Waals surface area contributed by atoms with Gasteiger partial charge in [-0.3, -0.25) is 14.4 Å². The van der Waals surface area contributed by atoms with Crippen LogP contribution in [0.3, 0.4) is 0 Å². The smallest absolute Gasteiger partial charge is 0.272 e. The first-order valence-corrected chi connectivity index (χ1v) is 15.2. The van der Waals surface area contributed by atoms with Gasteiger partial charge in [0.05, 0.1) is 5.25 Å². The minimum atomic E-state index is -0.455. The van der Waals surface area contributed by atoms with E-state index in [1.54, 1.807) is 42.5 Å². The third kappa shape index (κ3) is 7.62. The molecule has 1 unspecified atom stereocenters. The van der Waals surface area contributed by atoms with Crippen LogP contribution in [0, 0.1) is 13.8 Å². The molecule has 0 aliphatic carbocycles. The van der Waals surface area contributed by atoms with E-state index in [0.717, 1.165) is 38.0 Å². The van der Waals surface area contributed by atoms with Crippen LogP contribution in [0.4, 0.5) is 11.4 Å². The maximum absolute atomic E-state index is 13.5. The molecule has 5 rings (SSSR count). The maximum atomic E-state index is 13.5. The lowest BCUT2D eigenvalue weighted by Crippen LogP contribution is -2.30. The lowest BCUT2D eigenvalue weighted by Gasteiger charge is -2.15. The molecule has 0 radical (unpaired) electrons. The number of thioether (sulfide) groups is 1. The lowest BCUT2D eigenvalue weighted by atomic mass is 10.0. The Balaban J connectivity index is 1.31. The minimum absolute atomic E-state index is 0.0848. The summed E-state index contributed by atoms with van der Waals surface area (Å²) in [6, 6.07) is 35.7. The Morgan fingerprint density at radius 3 is 2.23 bits per heavy atom. The number of anilines is 2. The number of fused-ring (bicyclic) bond motifs is 1. The van der Waals surface area contributed by atoms with E-state index < -0.39 is 5.91 Å². The summed E-state index contributed by atoms with van der Waals surface area (Å²) in [4.78, 5) is 40.3. The molecular weight excluding hydrogens is 566 g/mol. The molecule has 7 heteroatoms. The maximum Gasteiger partial charge on any atom is 0.272 e. The van der Waals surface area contributed by atoms with Crippen molar-refractivity contribution in [3.63, 3.8) is 0 Å². The number of benzene rings is 5. The minimum Gasteiger partial charge on any atom is -0.325 e. The number of carbonyl (C=O) groups is 3. The van der Waals surface area contributed by atoms with Gasteiger partial charge < -0.3 is 16.0 Å². The number of hydrogen-bond acceptors (Lipinski definition) is 4. The van der Waals surface area contributed by atoms with Crippen molar-refractivity contribution in [2.45, 2.75) is 30.9 Å². The second kappa shape index (κ2) is 13.9. The van der Waals surface area contributed by atoms with Crippen molar-refractivity contribution in [3.05, 3.63) is 143 Å². The van der Waals surface area contributed by atoms with Crippen molar-refractivity contribution >= 4 is 57.7 Å². The van der Waals surface area contributed by atoms with Crippen LogP contribution in [-0.4, -0.2) is 23.0 Å². The summed E-state index contributed by atoms with van der Waals surface area (Å²) < 4.78 is 0. The van der Waals surface area contributed by atoms with Gasteiger partial charge in [-0.25, -0.2) is 0 Å². The fraction of sp³-hybridized carbons (Fsp3) is 0.108. The van der Waals surface area contributed by atoms with Crippen LogP contribution in [0.5, 0.6) is 0 Å². The largest absolute Gasteiger partial charge is 0.325 e. The van der Waals surface area contributed by atoms with Crippen molar-refractivity contribution in [1.82, 2.24) is 5.32 Å². The topological polar surface area (TPSA) is 87.3 Å². The van der Waals surface area contributed by atoms with E-state index in [1.807, 2.05) is 99.6 Å². The summed E-state index contributed by atoms with van der Waals surface area (Å²) in [5, 5.41) is 10.4. The summed E-state index contributed by atoms with van der Waals surface area (Å²) in [5.41, 5.74) is 4.83. The van der Waals surface area contributed by atoms with E-state index in [0.29, 0.717) is 11.3 Å². The van der Waals surface area contributed by atoms with Gasteiger partial charge in [0.15, 0.2) is 0 Å². The second-order valence-electron chi connectivity index (χ2n) is 10.5. The number of rotatable bonds is 9. The Morgan fingerprint density at radius 2 is 1.45 bits per heavy atom. The van der Waals surface area contributed by atoms with E-state index in [2.05, 4.69) is 16.0 Å². The van der Waals surface area contributed by atoms with Crippen LogP contribution in [0.1, 0.15) is 34.0 Å². The van der Waals surface area contributed by atoms with Crippen LogP contribution in [0.25, 0.3) is 16.8 Å². The molecule has 1 atom stereocenters. The molecule has 0 spiro atoms. The number of nitrogens with one attached hydrogen (secondary N) is 3. The molecule has 0 aromatic heterocycles. The zero-order valence-electron chi connectivity index (χ0n) is 24.8. The number of amides is 3. The Morgan fingerprint density at radius 1 is 0.750 bits per heavy atom. The standard InChI is InChI=1S/C37H33N3O3S/c1-24-16-17-25(2)33(22-24)39-35(41)26(3)44-31-20-18-30(19-21-31)38-37(43)34(40-36(42)28-11-5-4-6-12-28)23-29-14-9-13-27-10-7-8-15-32(27)29/h4-23,26H,1-3H3,(H,38,43)(H,39,41)(H,40,42)/b34-23-. The molecule has 3 N–H and O–H groups in total. The van der Waals surface area contributed by atoms with Gasteiger partial charge >= 0.3 is 0 Å². The van der Waals surface area contributed by atoms with Crippen LogP contribution < -0.4 is 16.0 Å². The molecule has 0 bridgehead atoms. The lowest BCUT2D eigenvalue weighted by molar-refractivity contribution is -0.115. The first-order valence-electron chi connectivity index (χ1n) is 14.3. The molecule has 44 heavy (non-hydrogen) atoms. The van der Waals surface area contributed by atoms with E-state index in [1.165, 1.54) is 11.8 Å². The van der Waals surface area contributed by atoms with Gasteiger partial charge in [0.25, 0.3) is 11.8 Å². The summed E-state index contributed by atoms with van der Waals surface area (Å²) >= 11 is 1.43. The highest BCUT2D eigenvalue weighted by molar-refractivity contribution is 8.00. The van der Waals surface area contributed by atoms with Gasteiger partial charge in [-0.1, -0.05) is 72.8 Å². The predicted molar refractivity (Wildman–Crippen MR) is 181 cm³/mol. The predicted octanol–water partition coefficient (Wildman–Crippen LogP) is 7.99. The Bertz CT molecular complexity index is 1840. The van der Waals surface area contributed by atoms with Gasteiger partial charge in [-0.15, -0.1) is 11.8 Å². The fourth-order valence-corrected chi connectivity index (χ4v) is 5.52. The third-order valence-electron chi connectivity index (χ3n) is 7.10. The van der Waals surface area contributed by atoms with Gasteiger partial charge in [0.1, 0.15) is 5.70 Å². The van der Waals surface area contributed by atoms with Crippen molar-refractivity contribution in [2.24, 2.45) is 0 Å². The van der Waals surface area contributed by atoms with Crippen LogP contribution in [-0.2, 0) is 9.59 Å². The van der Waals surface area contributed by atoms with Gasteiger partial charge in [0, 0.05) is 21.8 Å². The number of hydrogen-bond donors (Lipinski definition) is 3. The molecule has 0 saturated carbocycles. The molecule has 3 amide bonds.